The Bertz CT molecular complexity index is 671. The molecule has 1 fully saturated rings. The third-order valence-corrected chi connectivity index (χ3v) is 5.37. The van der Waals surface area contributed by atoms with Gasteiger partial charge in [0.25, 0.3) is 0 Å². The summed E-state index contributed by atoms with van der Waals surface area (Å²) in [5.41, 5.74) is 1.16. The lowest BCUT2D eigenvalue weighted by Gasteiger charge is -2.27. The lowest BCUT2D eigenvalue weighted by atomic mass is 9.96. The Morgan fingerprint density at radius 3 is 2.72 bits per heavy atom. The van der Waals surface area contributed by atoms with Crippen LogP contribution in [0.25, 0.3) is 0 Å². The predicted octanol–water partition coefficient (Wildman–Crippen LogP) is 4.72. The van der Waals surface area contributed by atoms with Gasteiger partial charge in [0.05, 0.1) is 12.1 Å². The number of benzene rings is 1. The molecule has 1 aromatic carbocycles. The van der Waals surface area contributed by atoms with Crippen molar-refractivity contribution in [3.8, 4) is 5.75 Å². The molecule has 0 saturated heterocycles. The molecule has 1 aliphatic carbocycles. The van der Waals surface area contributed by atoms with Crippen LogP contribution < -0.4 is 15.4 Å². The Morgan fingerprint density at radius 1 is 1.28 bits per heavy atom. The van der Waals surface area contributed by atoms with Gasteiger partial charge >= 0.3 is 0 Å². The molecule has 0 aliphatic heterocycles. The first kappa shape index (κ1) is 20.0. The van der Waals surface area contributed by atoms with Crippen LogP contribution >= 0.6 is 35.3 Å². The van der Waals surface area contributed by atoms with Crippen LogP contribution in [-0.4, -0.2) is 19.1 Å². The lowest BCUT2D eigenvalue weighted by Crippen LogP contribution is -2.38. The van der Waals surface area contributed by atoms with Crippen molar-refractivity contribution in [1.82, 2.24) is 10.6 Å². The van der Waals surface area contributed by atoms with E-state index >= 15 is 0 Å². The average Bonchev–Trinajstić information content (AvgIpc) is 3.10. The summed E-state index contributed by atoms with van der Waals surface area (Å²) in [6.07, 6.45) is 4.01. The number of hydrogen-bond donors (Lipinski definition) is 2. The molecule has 2 aromatic rings. The maximum atomic E-state index is 6.09. The number of para-hydroxylation sites is 1. The fourth-order valence-electron chi connectivity index (χ4n) is 2.62. The number of guanidine groups is 1. The van der Waals surface area contributed by atoms with Gasteiger partial charge < -0.3 is 15.4 Å². The Balaban J connectivity index is 0.00000225. The van der Waals surface area contributed by atoms with E-state index in [4.69, 9.17) is 4.74 Å². The second kappa shape index (κ2) is 10.0. The van der Waals surface area contributed by atoms with Gasteiger partial charge in [0.15, 0.2) is 5.96 Å². The van der Waals surface area contributed by atoms with Crippen LogP contribution in [0.15, 0.2) is 46.8 Å². The van der Waals surface area contributed by atoms with Crippen molar-refractivity contribution in [3.63, 3.8) is 0 Å². The van der Waals surface area contributed by atoms with Gasteiger partial charge in [0.1, 0.15) is 5.75 Å². The van der Waals surface area contributed by atoms with Crippen LogP contribution in [0, 0.1) is 0 Å². The van der Waals surface area contributed by atoms with Crippen molar-refractivity contribution < 1.29 is 4.74 Å². The maximum absolute atomic E-state index is 6.09. The summed E-state index contributed by atoms with van der Waals surface area (Å²) in [7, 11) is 1.80. The standard InChI is InChI=1S/C19H25N3OS.HI/c1-14(18-11-6-12-24-18)22-19(20-2)21-13-15-7-3-4-10-17(15)23-16-8-5-9-16;/h3-4,6-7,10-12,14,16H,5,8-9,13H2,1-2H3,(H2,20,21,22);1H. The van der Waals surface area contributed by atoms with E-state index in [1.165, 1.54) is 24.1 Å². The number of rotatable bonds is 6. The first-order valence-corrected chi connectivity index (χ1v) is 9.39. The van der Waals surface area contributed by atoms with E-state index in [-0.39, 0.29) is 30.0 Å². The molecule has 1 heterocycles. The van der Waals surface area contributed by atoms with Crippen LogP contribution in [0.1, 0.15) is 42.7 Å². The monoisotopic (exact) mass is 471 g/mol. The molecule has 2 N–H and O–H groups in total. The highest BCUT2D eigenvalue weighted by Gasteiger charge is 2.20. The number of halogens is 1. The fraction of sp³-hybridized carbons (Fsp3) is 0.421. The summed E-state index contributed by atoms with van der Waals surface area (Å²) >= 11 is 1.75. The van der Waals surface area contributed by atoms with E-state index in [1.54, 1.807) is 18.4 Å². The largest absolute Gasteiger partial charge is 0.490 e. The van der Waals surface area contributed by atoms with Crippen molar-refractivity contribution in [3.05, 3.63) is 52.2 Å². The highest BCUT2D eigenvalue weighted by atomic mass is 127. The van der Waals surface area contributed by atoms with Crippen LogP contribution in [-0.2, 0) is 6.54 Å². The molecular formula is C19H26IN3OS. The molecule has 0 spiro atoms. The summed E-state index contributed by atoms with van der Waals surface area (Å²) in [6, 6.07) is 12.7. The van der Waals surface area contributed by atoms with Gasteiger partial charge in [-0.1, -0.05) is 24.3 Å². The Kier molecular flexibility index (Phi) is 8.02. The van der Waals surface area contributed by atoms with Gasteiger partial charge in [-0.2, -0.15) is 0 Å². The number of ether oxygens (including phenoxy) is 1. The minimum Gasteiger partial charge on any atom is -0.490 e. The molecule has 0 radical (unpaired) electrons. The molecule has 3 rings (SSSR count). The van der Waals surface area contributed by atoms with Crippen LogP contribution in [0.4, 0.5) is 0 Å². The van der Waals surface area contributed by atoms with E-state index in [1.807, 2.05) is 6.07 Å². The third-order valence-electron chi connectivity index (χ3n) is 4.31. The van der Waals surface area contributed by atoms with Crippen molar-refractivity contribution in [2.75, 3.05) is 7.05 Å². The molecule has 6 heteroatoms. The lowest BCUT2D eigenvalue weighted by molar-refractivity contribution is 0.119. The normalized spacial score (nSPS) is 15.7. The molecule has 1 saturated carbocycles. The first-order valence-electron chi connectivity index (χ1n) is 8.51. The van der Waals surface area contributed by atoms with E-state index in [9.17, 15) is 0 Å². The van der Waals surface area contributed by atoms with E-state index < -0.39 is 0 Å². The number of nitrogens with one attached hydrogen (secondary N) is 2. The molecule has 1 unspecified atom stereocenters. The second-order valence-corrected chi connectivity index (χ2v) is 7.06. The van der Waals surface area contributed by atoms with Crippen molar-refractivity contribution in [2.24, 2.45) is 4.99 Å². The quantitative estimate of drug-likeness (QED) is 0.364. The van der Waals surface area contributed by atoms with Crippen molar-refractivity contribution >= 4 is 41.3 Å². The minimum atomic E-state index is 0. The molecule has 1 aliphatic rings. The van der Waals surface area contributed by atoms with Crippen LogP contribution in [0.5, 0.6) is 5.75 Å². The molecule has 4 nitrogen and oxygen atoms in total. The second-order valence-electron chi connectivity index (χ2n) is 6.09. The number of nitrogens with zero attached hydrogens (tertiary/aromatic N) is 1. The Hall–Kier alpha value is -1.28. The summed E-state index contributed by atoms with van der Waals surface area (Å²) in [5.74, 6) is 1.78. The van der Waals surface area contributed by atoms with Crippen LogP contribution in [0.3, 0.4) is 0 Å². The molecule has 1 atom stereocenters. The summed E-state index contributed by atoms with van der Waals surface area (Å²) < 4.78 is 6.09. The van der Waals surface area contributed by atoms with Crippen molar-refractivity contribution in [1.29, 1.82) is 0 Å². The predicted molar refractivity (Wildman–Crippen MR) is 116 cm³/mol. The zero-order valence-corrected chi connectivity index (χ0v) is 17.8. The minimum absolute atomic E-state index is 0. The molecular weight excluding hydrogens is 445 g/mol. The van der Waals surface area contributed by atoms with Gasteiger partial charge in [0, 0.05) is 24.0 Å². The molecule has 136 valence electrons. The molecule has 0 amide bonds. The van der Waals surface area contributed by atoms with Gasteiger partial charge in [-0.25, -0.2) is 0 Å². The van der Waals surface area contributed by atoms with E-state index in [2.05, 4.69) is 58.3 Å². The topological polar surface area (TPSA) is 45.7 Å². The summed E-state index contributed by atoms with van der Waals surface area (Å²) in [4.78, 5) is 5.63. The highest BCUT2D eigenvalue weighted by Crippen LogP contribution is 2.27. The third kappa shape index (κ3) is 5.60. The number of aliphatic imine (C=N–C) groups is 1. The molecule has 25 heavy (non-hydrogen) atoms. The van der Waals surface area contributed by atoms with Gasteiger partial charge in [0.2, 0.25) is 0 Å². The molecule has 0 bridgehead atoms. The zero-order chi connectivity index (χ0) is 16.8. The Labute approximate surface area is 171 Å². The summed E-state index contributed by atoms with van der Waals surface area (Å²) in [5, 5.41) is 8.92. The van der Waals surface area contributed by atoms with E-state index in [0.29, 0.717) is 12.6 Å². The highest BCUT2D eigenvalue weighted by molar-refractivity contribution is 14.0. The van der Waals surface area contributed by atoms with Gasteiger partial charge in [-0.15, -0.1) is 35.3 Å². The zero-order valence-electron chi connectivity index (χ0n) is 14.7. The maximum Gasteiger partial charge on any atom is 0.191 e. The van der Waals surface area contributed by atoms with Gasteiger partial charge in [-0.05, 0) is 43.7 Å². The summed E-state index contributed by atoms with van der Waals surface area (Å²) in [6.45, 7) is 2.84. The van der Waals surface area contributed by atoms with Crippen molar-refractivity contribution in [2.45, 2.75) is 44.9 Å². The number of hydrogen-bond acceptors (Lipinski definition) is 3. The SMILES string of the molecule is CN=C(NCc1ccccc1OC1CCC1)NC(C)c1cccs1.I. The smallest absolute Gasteiger partial charge is 0.191 e. The van der Waals surface area contributed by atoms with Gasteiger partial charge in [-0.3, -0.25) is 4.99 Å². The Morgan fingerprint density at radius 2 is 2.08 bits per heavy atom. The van der Waals surface area contributed by atoms with E-state index in [0.717, 1.165) is 17.3 Å². The molecule has 1 aromatic heterocycles. The average molecular weight is 471 g/mol. The van der Waals surface area contributed by atoms with Crippen LogP contribution in [0.2, 0.25) is 0 Å². The first-order chi connectivity index (χ1) is 11.8. The number of thiophene rings is 1. The fourth-order valence-corrected chi connectivity index (χ4v) is 3.35.